The zero-order valence-electron chi connectivity index (χ0n) is 3.61. The minimum absolute atomic E-state index is 0.134. The monoisotopic (exact) mass is 134 g/mol. The van der Waals surface area contributed by atoms with Gasteiger partial charge in [-0.25, -0.2) is 4.79 Å². The Labute approximate surface area is 49.2 Å². The van der Waals surface area contributed by atoms with Gasteiger partial charge in [-0.2, -0.15) is 5.26 Å². The molecular weight excluding hydrogens is 132 g/mol. The van der Waals surface area contributed by atoms with Crippen molar-refractivity contribution < 1.29 is 15.1 Å². The Bertz CT molecular complexity index is 130. The minimum atomic E-state index is -1.56. The molecule has 1 amide bonds. The van der Waals surface area contributed by atoms with Crippen molar-refractivity contribution in [2.24, 2.45) is 0 Å². The summed E-state index contributed by atoms with van der Waals surface area (Å²) in [6, 6.07) is 0. The van der Waals surface area contributed by atoms with Crippen LogP contribution < -0.4 is 0 Å². The van der Waals surface area contributed by atoms with Crippen molar-refractivity contribution in [2.45, 2.75) is 0 Å². The molecule has 0 aliphatic heterocycles. The number of hydrogen-bond acceptors (Lipinski definition) is 4. The summed E-state index contributed by atoms with van der Waals surface area (Å²) >= 11 is 0.134. The molecule has 0 aliphatic rings. The van der Waals surface area contributed by atoms with Crippen molar-refractivity contribution in [3.8, 4) is 5.40 Å². The van der Waals surface area contributed by atoms with Crippen LogP contribution in [0.15, 0.2) is 0 Å². The van der Waals surface area contributed by atoms with Crippen molar-refractivity contribution >= 4 is 18.0 Å². The van der Waals surface area contributed by atoms with Crippen molar-refractivity contribution in [3.63, 3.8) is 0 Å². The van der Waals surface area contributed by atoms with Crippen molar-refractivity contribution in [1.29, 1.82) is 5.26 Å². The van der Waals surface area contributed by atoms with E-state index in [0.29, 0.717) is 0 Å². The Hall–Kier alpha value is -0.930. The first-order chi connectivity index (χ1) is 3.68. The van der Waals surface area contributed by atoms with E-state index in [1.807, 2.05) is 0 Å². The average molecular weight is 134 g/mol. The maximum Gasteiger partial charge on any atom is 0.443 e. The largest absolute Gasteiger partial charge is 0.463 e. The summed E-state index contributed by atoms with van der Waals surface area (Å²) in [7, 11) is 0. The number of carboxylic acid groups (broad SMARTS) is 1. The van der Waals surface area contributed by atoms with E-state index in [4.69, 9.17) is 15.6 Å². The highest BCUT2D eigenvalue weighted by atomic mass is 32.2. The summed E-state index contributed by atoms with van der Waals surface area (Å²) in [4.78, 5) is 9.59. The second-order valence-corrected chi connectivity index (χ2v) is 1.45. The Kier molecular flexibility index (Phi) is 2.76. The quantitative estimate of drug-likeness (QED) is 0.236. The molecule has 0 aromatic carbocycles. The second kappa shape index (κ2) is 3.12. The predicted octanol–water partition coefficient (Wildman–Crippen LogP) is 0.485. The first-order valence-corrected chi connectivity index (χ1v) is 2.24. The summed E-state index contributed by atoms with van der Waals surface area (Å²) in [6.07, 6.45) is -1.56. The maximum atomic E-state index is 9.59. The summed E-state index contributed by atoms with van der Waals surface area (Å²) in [5.74, 6) is 0. The highest BCUT2D eigenvalue weighted by molar-refractivity contribution is 8.01. The van der Waals surface area contributed by atoms with Crippen LogP contribution >= 0.6 is 11.9 Å². The molecule has 0 fully saturated rings. The lowest BCUT2D eigenvalue weighted by molar-refractivity contribution is 0.0255. The second-order valence-electron chi connectivity index (χ2n) is 0.738. The molecule has 0 atom stereocenters. The number of rotatable bonds is 1. The highest BCUT2D eigenvalue weighted by Crippen LogP contribution is 2.01. The Balaban J connectivity index is 3.52. The summed E-state index contributed by atoms with van der Waals surface area (Å²) in [6.45, 7) is 0. The molecule has 44 valence electrons. The van der Waals surface area contributed by atoms with Crippen molar-refractivity contribution in [1.82, 2.24) is 4.47 Å². The smallest absolute Gasteiger partial charge is 0.443 e. The Morgan fingerprint density at radius 1 is 1.88 bits per heavy atom. The number of hydroxylamine groups is 1. The lowest BCUT2D eigenvalue weighted by atomic mass is 11.3. The average Bonchev–Trinajstić information content (AvgIpc) is 1.67. The van der Waals surface area contributed by atoms with Gasteiger partial charge in [-0.15, -0.1) is 4.47 Å². The van der Waals surface area contributed by atoms with Gasteiger partial charge in [0, 0.05) is 0 Å². The fourth-order valence-electron chi connectivity index (χ4n) is 0.0777. The number of nitriles is 1. The third-order valence-electron chi connectivity index (χ3n) is 0.291. The Morgan fingerprint density at radius 2 is 2.38 bits per heavy atom. The molecular formula is C2H2N2O3S. The van der Waals surface area contributed by atoms with E-state index in [1.54, 1.807) is 0 Å². The van der Waals surface area contributed by atoms with Crippen LogP contribution in [0, 0.1) is 10.7 Å². The highest BCUT2D eigenvalue weighted by Gasteiger charge is 2.06. The fourth-order valence-corrected chi connectivity index (χ4v) is 0.233. The van der Waals surface area contributed by atoms with E-state index in [1.165, 1.54) is 5.40 Å². The molecule has 8 heavy (non-hydrogen) atoms. The van der Waals surface area contributed by atoms with Crippen LogP contribution in [0.4, 0.5) is 4.79 Å². The molecule has 0 aromatic heterocycles. The summed E-state index contributed by atoms with van der Waals surface area (Å²) in [5, 5.41) is 25.0. The number of thiocyanates is 1. The van der Waals surface area contributed by atoms with Crippen LogP contribution in [-0.2, 0) is 0 Å². The lowest BCUT2D eigenvalue weighted by Crippen LogP contribution is -2.15. The van der Waals surface area contributed by atoms with Crippen molar-refractivity contribution in [2.75, 3.05) is 0 Å². The number of carbonyl (C=O) groups is 1. The first kappa shape index (κ1) is 7.07. The molecule has 0 aromatic rings. The maximum absolute atomic E-state index is 9.59. The van der Waals surface area contributed by atoms with Gasteiger partial charge in [-0.05, 0) is 0 Å². The summed E-state index contributed by atoms with van der Waals surface area (Å²) in [5.41, 5.74) is 0. The van der Waals surface area contributed by atoms with Gasteiger partial charge in [0.05, 0.1) is 0 Å². The van der Waals surface area contributed by atoms with Crippen LogP contribution in [0.25, 0.3) is 0 Å². The molecule has 0 heterocycles. The van der Waals surface area contributed by atoms with Gasteiger partial charge < -0.3 is 5.11 Å². The standard InChI is InChI=1S/C2H2N2O3S/c3-1-8-4(7)2(5)6/h7H,(H,5,6). The minimum Gasteiger partial charge on any atom is -0.463 e. The van der Waals surface area contributed by atoms with E-state index >= 15 is 0 Å². The number of amides is 1. The van der Waals surface area contributed by atoms with E-state index in [0.717, 1.165) is 0 Å². The zero-order chi connectivity index (χ0) is 6.57. The van der Waals surface area contributed by atoms with E-state index in [9.17, 15) is 4.79 Å². The predicted molar refractivity (Wildman–Crippen MR) is 24.9 cm³/mol. The zero-order valence-corrected chi connectivity index (χ0v) is 4.42. The molecule has 2 N–H and O–H groups in total. The van der Waals surface area contributed by atoms with Crippen LogP contribution in [0.5, 0.6) is 0 Å². The van der Waals surface area contributed by atoms with Crippen LogP contribution in [0.2, 0.25) is 0 Å². The van der Waals surface area contributed by atoms with Gasteiger partial charge in [-0.1, -0.05) is 0 Å². The van der Waals surface area contributed by atoms with E-state index in [2.05, 4.69) is 0 Å². The van der Waals surface area contributed by atoms with Gasteiger partial charge >= 0.3 is 6.09 Å². The number of nitrogens with zero attached hydrogens (tertiary/aromatic N) is 2. The van der Waals surface area contributed by atoms with Crippen molar-refractivity contribution in [3.05, 3.63) is 0 Å². The molecule has 0 radical (unpaired) electrons. The fraction of sp³-hybridized carbons (Fsp3) is 0. The SMILES string of the molecule is N#CSN(O)C(=O)O. The van der Waals surface area contributed by atoms with Gasteiger partial charge in [0.25, 0.3) is 0 Å². The molecule has 0 aliphatic carbocycles. The normalized spacial score (nSPS) is 7.50. The molecule has 0 rings (SSSR count). The third kappa shape index (κ3) is 2.28. The molecule has 0 bridgehead atoms. The van der Waals surface area contributed by atoms with Gasteiger partial charge in [0.1, 0.15) is 11.9 Å². The molecule has 0 unspecified atom stereocenters. The first-order valence-electron chi connectivity index (χ1n) is 1.46. The van der Waals surface area contributed by atoms with Gasteiger partial charge in [0.2, 0.25) is 0 Å². The topological polar surface area (TPSA) is 84.6 Å². The number of hydrogen-bond donors (Lipinski definition) is 2. The molecule has 5 nitrogen and oxygen atoms in total. The van der Waals surface area contributed by atoms with Gasteiger partial charge in [-0.3, -0.25) is 5.21 Å². The van der Waals surface area contributed by atoms with Gasteiger partial charge in [0.15, 0.2) is 5.40 Å². The molecule has 0 saturated heterocycles. The van der Waals surface area contributed by atoms with Crippen LogP contribution in [0.1, 0.15) is 0 Å². The molecule has 0 spiro atoms. The summed E-state index contributed by atoms with van der Waals surface area (Å²) < 4.78 is -0.181. The third-order valence-corrected chi connectivity index (χ3v) is 0.702. The van der Waals surface area contributed by atoms with Crippen LogP contribution in [0.3, 0.4) is 0 Å². The van der Waals surface area contributed by atoms with E-state index in [-0.39, 0.29) is 16.4 Å². The van der Waals surface area contributed by atoms with E-state index < -0.39 is 6.09 Å². The van der Waals surface area contributed by atoms with Crippen LogP contribution in [-0.4, -0.2) is 20.9 Å². The molecule has 6 heteroatoms. The lowest BCUT2D eigenvalue weighted by Gasteiger charge is -1.99. The molecule has 0 saturated carbocycles. The Morgan fingerprint density at radius 3 is 2.50 bits per heavy atom.